The van der Waals surface area contributed by atoms with Crippen molar-refractivity contribution in [1.29, 1.82) is 0 Å². The van der Waals surface area contributed by atoms with E-state index >= 15 is 0 Å². The third-order valence-electron chi connectivity index (χ3n) is 2.65. The Kier molecular flexibility index (Phi) is 4.68. The van der Waals surface area contributed by atoms with Gasteiger partial charge in [0.2, 0.25) is 0 Å². The van der Waals surface area contributed by atoms with Crippen LogP contribution in [0.5, 0.6) is 0 Å². The Morgan fingerprint density at radius 3 is 2.68 bits per heavy atom. The molecule has 2 aromatic heterocycles. The van der Waals surface area contributed by atoms with E-state index in [0.29, 0.717) is 0 Å². The van der Waals surface area contributed by atoms with Crippen molar-refractivity contribution >= 4 is 27.6 Å². The first-order valence-corrected chi connectivity index (χ1v) is 6.86. The third kappa shape index (κ3) is 3.41. The van der Waals surface area contributed by atoms with Crippen LogP contribution in [-0.2, 0) is 6.54 Å². The predicted molar refractivity (Wildman–Crippen MR) is 80.2 cm³/mol. The number of hydrogen-bond acceptors (Lipinski definition) is 5. The summed E-state index contributed by atoms with van der Waals surface area (Å²) in [6.45, 7) is 3.63. The van der Waals surface area contributed by atoms with Gasteiger partial charge in [0, 0.05) is 32.5 Å². The standard InChI is InChI=1S/C13H16BrN5/c1-3-16-12-11(14)13(18-9-17-12)19(2)8-10-4-6-15-7-5-10/h4-7,9H,3,8H2,1-2H3,(H,16,17,18). The third-order valence-corrected chi connectivity index (χ3v) is 3.38. The molecule has 0 saturated carbocycles. The minimum atomic E-state index is 0.768. The summed E-state index contributed by atoms with van der Waals surface area (Å²) in [7, 11) is 2.00. The molecule has 100 valence electrons. The van der Waals surface area contributed by atoms with E-state index in [-0.39, 0.29) is 0 Å². The smallest absolute Gasteiger partial charge is 0.148 e. The molecule has 2 aromatic rings. The van der Waals surface area contributed by atoms with Crippen LogP contribution in [0.3, 0.4) is 0 Å². The monoisotopic (exact) mass is 321 g/mol. The van der Waals surface area contributed by atoms with Gasteiger partial charge in [-0.3, -0.25) is 4.98 Å². The summed E-state index contributed by atoms with van der Waals surface area (Å²) in [4.78, 5) is 14.6. The molecule has 5 nitrogen and oxygen atoms in total. The molecule has 19 heavy (non-hydrogen) atoms. The molecule has 0 fully saturated rings. The summed E-state index contributed by atoms with van der Waals surface area (Å²) in [5.74, 6) is 1.68. The zero-order valence-corrected chi connectivity index (χ0v) is 12.6. The number of rotatable bonds is 5. The van der Waals surface area contributed by atoms with Gasteiger partial charge in [0.15, 0.2) is 0 Å². The van der Waals surface area contributed by atoms with Crippen LogP contribution in [0.25, 0.3) is 0 Å². The second-order valence-corrected chi connectivity index (χ2v) is 4.89. The molecule has 0 unspecified atom stereocenters. The lowest BCUT2D eigenvalue weighted by atomic mass is 10.2. The zero-order chi connectivity index (χ0) is 13.7. The molecule has 0 radical (unpaired) electrons. The second kappa shape index (κ2) is 6.47. The Morgan fingerprint density at radius 2 is 2.00 bits per heavy atom. The maximum atomic E-state index is 4.33. The van der Waals surface area contributed by atoms with Gasteiger partial charge in [0.1, 0.15) is 22.4 Å². The van der Waals surface area contributed by atoms with E-state index in [2.05, 4.69) is 41.1 Å². The van der Waals surface area contributed by atoms with Gasteiger partial charge in [-0.25, -0.2) is 9.97 Å². The molecule has 2 rings (SSSR count). The Bertz CT molecular complexity index is 532. The molecule has 0 aromatic carbocycles. The second-order valence-electron chi connectivity index (χ2n) is 4.10. The predicted octanol–water partition coefficient (Wildman–Crippen LogP) is 2.70. The van der Waals surface area contributed by atoms with Crippen LogP contribution in [0.2, 0.25) is 0 Å². The number of nitrogens with zero attached hydrogens (tertiary/aromatic N) is 4. The molecular formula is C13H16BrN5. The van der Waals surface area contributed by atoms with E-state index in [4.69, 9.17) is 0 Å². The van der Waals surface area contributed by atoms with Crippen LogP contribution in [0.1, 0.15) is 12.5 Å². The zero-order valence-electron chi connectivity index (χ0n) is 11.0. The number of pyridine rings is 1. The molecule has 0 bridgehead atoms. The highest BCUT2D eigenvalue weighted by Crippen LogP contribution is 2.29. The summed E-state index contributed by atoms with van der Waals surface area (Å²) in [5.41, 5.74) is 1.19. The van der Waals surface area contributed by atoms with Gasteiger partial charge in [-0.1, -0.05) is 0 Å². The summed E-state index contributed by atoms with van der Waals surface area (Å²) in [6, 6.07) is 3.99. The van der Waals surface area contributed by atoms with Crippen LogP contribution in [0.4, 0.5) is 11.6 Å². The first-order chi connectivity index (χ1) is 9.22. The average Bonchev–Trinajstić information content (AvgIpc) is 2.42. The van der Waals surface area contributed by atoms with Crippen LogP contribution in [0.15, 0.2) is 35.3 Å². The maximum absolute atomic E-state index is 4.33. The molecule has 2 heterocycles. The summed E-state index contributed by atoms with van der Waals surface area (Å²) in [6.07, 6.45) is 5.16. The molecule has 0 atom stereocenters. The number of aromatic nitrogens is 3. The van der Waals surface area contributed by atoms with E-state index in [1.165, 1.54) is 5.56 Å². The lowest BCUT2D eigenvalue weighted by Gasteiger charge is -2.20. The summed E-state index contributed by atoms with van der Waals surface area (Å²) in [5, 5.41) is 3.20. The maximum Gasteiger partial charge on any atom is 0.148 e. The average molecular weight is 322 g/mol. The first kappa shape index (κ1) is 13.7. The van der Waals surface area contributed by atoms with E-state index in [1.807, 2.05) is 26.1 Å². The molecule has 0 spiro atoms. The van der Waals surface area contributed by atoms with E-state index in [0.717, 1.165) is 29.2 Å². The van der Waals surface area contributed by atoms with Gasteiger partial charge in [-0.15, -0.1) is 0 Å². The highest BCUT2D eigenvalue weighted by atomic mass is 79.9. The fourth-order valence-corrected chi connectivity index (χ4v) is 2.40. The summed E-state index contributed by atoms with van der Waals surface area (Å²) < 4.78 is 0.883. The van der Waals surface area contributed by atoms with Crippen LogP contribution in [0, 0.1) is 0 Å². The molecule has 0 saturated heterocycles. The highest BCUT2D eigenvalue weighted by Gasteiger charge is 2.12. The van der Waals surface area contributed by atoms with Crippen molar-refractivity contribution in [3.05, 3.63) is 40.9 Å². The Labute approximate surface area is 121 Å². The van der Waals surface area contributed by atoms with E-state index in [9.17, 15) is 0 Å². The minimum absolute atomic E-state index is 0.768. The molecule has 0 aliphatic heterocycles. The molecule has 0 aliphatic rings. The van der Waals surface area contributed by atoms with Gasteiger partial charge in [0.05, 0.1) is 0 Å². The molecule has 0 aliphatic carbocycles. The van der Waals surface area contributed by atoms with Crippen LogP contribution < -0.4 is 10.2 Å². The van der Waals surface area contributed by atoms with Crippen LogP contribution in [-0.4, -0.2) is 28.5 Å². The molecule has 1 N–H and O–H groups in total. The molecule has 0 amide bonds. The first-order valence-electron chi connectivity index (χ1n) is 6.06. The van der Waals surface area contributed by atoms with E-state index in [1.54, 1.807) is 18.7 Å². The van der Waals surface area contributed by atoms with Gasteiger partial charge in [-0.05, 0) is 40.5 Å². The number of nitrogens with one attached hydrogen (secondary N) is 1. The minimum Gasteiger partial charge on any atom is -0.369 e. The highest BCUT2D eigenvalue weighted by molar-refractivity contribution is 9.10. The number of halogens is 1. The van der Waals surface area contributed by atoms with E-state index < -0.39 is 0 Å². The lowest BCUT2D eigenvalue weighted by molar-refractivity contribution is 0.883. The van der Waals surface area contributed by atoms with Gasteiger partial charge in [0.25, 0.3) is 0 Å². The largest absolute Gasteiger partial charge is 0.369 e. The van der Waals surface area contributed by atoms with Gasteiger partial charge >= 0.3 is 0 Å². The van der Waals surface area contributed by atoms with Crippen molar-refractivity contribution in [3.63, 3.8) is 0 Å². The number of anilines is 2. The summed E-state index contributed by atoms with van der Waals surface area (Å²) >= 11 is 3.55. The Hall–Kier alpha value is -1.69. The quantitative estimate of drug-likeness (QED) is 0.917. The molecular weight excluding hydrogens is 306 g/mol. The normalized spacial score (nSPS) is 10.3. The van der Waals surface area contributed by atoms with Crippen molar-refractivity contribution < 1.29 is 0 Å². The fourth-order valence-electron chi connectivity index (χ4n) is 1.75. The topological polar surface area (TPSA) is 53.9 Å². The van der Waals surface area contributed by atoms with Crippen molar-refractivity contribution in [2.24, 2.45) is 0 Å². The van der Waals surface area contributed by atoms with Gasteiger partial charge in [-0.2, -0.15) is 0 Å². The van der Waals surface area contributed by atoms with Crippen molar-refractivity contribution in [1.82, 2.24) is 15.0 Å². The van der Waals surface area contributed by atoms with Gasteiger partial charge < -0.3 is 10.2 Å². The lowest BCUT2D eigenvalue weighted by Crippen LogP contribution is -2.19. The van der Waals surface area contributed by atoms with Crippen molar-refractivity contribution in [2.75, 3.05) is 23.8 Å². The van der Waals surface area contributed by atoms with Crippen LogP contribution >= 0.6 is 15.9 Å². The Morgan fingerprint density at radius 1 is 1.26 bits per heavy atom. The fraction of sp³-hybridized carbons (Fsp3) is 0.308. The number of hydrogen-bond donors (Lipinski definition) is 1. The molecule has 6 heteroatoms. The van der Waals surface area contributed by atoms with Crippen molar-refractivity contribution in [2.45, 2.75) is 13.5 Å². The van der Waals surface area contributed by atoms with Crippen molar-refractivity contribution in [3.8, 4) is 0 Å². The Balaban J connectivity index is 2.19. The SMILES string of the molecule is CCNc1ncnc(N(C)Cc2ccncc2)c1Br.